The van der Waals surface area contributed by atoms with Gasteiger partial charge < -0.3 is 15.7 Å². The lowest BCUT2D eigenvalue weighted by atomic mass is 9.98. The molecule has 0 amide bonds. The fraction of sp³-hybridized carbons (Fsp3) is 0.682. The van der Waals surface area contributed by atoms with Gasteiger partial charge in [-0.1, -0.05) is 31.5 Å². The van der Waals surface area contributed by atoms with E-state index in [1.54, 1.807) is 28.6 Å². The molecule has 0 radical (unpaired) electrons. The van der Waals surface area contributed by atoms with E-state index in [-0.39, 0.29) is 30.6 Å². The zero-order valence-corrected chi connectivity index (χ0v) is 21.9. The van der Waals surface area contributed by atoms with E-state index >= 15 is 0 Å². The average molecular weight is 567 g/mol. The largest absolute Gasteiger partial charge is 0.396 e. The third-order valence-corrected chi connectivity index (χ3v) is 7.51. The SMILES string of the molecule is CCCC(CCO)CN=C(NCC)NCC1CCN(S(=O)(=O)c2ccccc2)CC1.I. The first kappa shape index (κ1) is 28.1. The predicted octanol–water partition coefficient (Wildman–Crippen LogP) is 3.06. The summed E-state index contributed by atoms with van der Waals surface area (Å²) in [4.78, 5) is 5.07. The number of aliphatic hydroxyl groups excluding tert-OH is 1. The van der Waals surface area contributed by atoms with Crippen LogP contribution in [0, 0.1) is 11.8 Å². The van der Waals surface area contributed by atoms with Gasteiger partial charge in [0, 0.05) is 39.3 Å². The van der Waals surface area contributed by atoms with Crippen molar-refractivity contribution in [1.82, 2.24) is 14.9 Å². The Morgan fingerprint density at radius 2 is 1.84 bits per heavy atom. The lowest BCUT2D eigenvalue weighted by molar-refractivity contribution is 0.253. The summed E-state index contributed by atoms with van der Waals surface area (Å²) in [6.07, 6.45) is 4.61. The van der Waals surface area contributed by atoms with Gasteiger partial charge in [0.25, 0.3) is 0 Å². The van der Waals surface area contributed by atoms with Crippen LogP contribution in [0.2, 0.25) is 0 Å². The maximum absolute atomic E-state index is 12.8. The first-order valence-electron chi connectivity index (χ1n) is 11.2. The highest BCUT2D eigenvalue weighted by atomic mass is 127. The number of halogens is 1. The van der Waals surface area contributed by atoms with Crippen molar-refractivity contribution in [3.05, 3.63) is 30.3 Å². The van der Waals surface area contributed by atoms with Crippen molar-refractivity contribution in [2.45, 2.75) is 50.8 Å². The monoisotopic (exact) mass is 566 g/mol. The molecule has 7 nitrogen and oxygen atoms in total. The van der Waals surface area contributed by atoms with Gasteiger partial charge in [0.1, 0.15) is 0 Å². The normalized spacial score (nSPS) is 17.1. The van der Waals surface area contributed by atoms with Crippen molar-refractivity contribution in [3.63, 3.8) is 0 Å². The number of guanidine groups is 1. The minimum absolute atomic E-state index is 0. The van der Waals surface area contributed by atoms with Gasteiger partial charge in [-0.05, 0) is 56.6 Å². The fourth-order valence-electron chi connectivity index (χ4n) is 3.82. The van der Waals surface area contributed by atoms with Crippen LogP contribution in [-0.2, 0) is 10.0 Å². The number of hydrogen-bond donors (Lipinski definition) is 3. The molecule has 1 saturated heterocycles. The van der Waals surface area contributed by atoms with Crippen molar-refractivity contribution in [1.29, 1.82) is 0 Å². The molecule has 0 saturated carbocycles. The molecule has 2 rings (SSSR count). The molecule has 31 heavy (non-hydrogen) atoms. The Hall–Kier alpha value is -0.910. The maximum atomic E-state index is 12.8. The molecule has 178 valence electrons. The molecule has 0 bridgehead atoms. The molecule has 1 heterocycles. The smallest absolute Gasteiger partial charge is 0.243 e. The fourth-order valence-corrected chi connectivity index (χ4v) is 5.31. The predicted molar refractivity (Wildman–Crippen MR) is 137 cm³/mol. The summed E-state index contributed by atoms with van der Waals surface area (Å²) in [5, 5.41) is 15.9. The summed E-state index contributed by atoms with van der Waals surface area (Å²) < 4.78 is 27.1. The number of aliphatic imine (C=N–C) groups is 1. The Balaban J connectivity index is 0.00000480. The lowest BCUT2D eigenvalue weighted by Gasteiger charge is -2.31. The zero-order chi connectivity index (χ0) is 21.8. The standard InChI is InChI=1S/C22H38N4O3S.HI/c1-3-8-19(13-16-27)17-24-22(23-4-2)25-18-20-11-14-26(15-12-20)30(28,29)21-9-6-5-7-10-21;/h5-7,9-10,19-20,27H,3-4,8,11-18H2,1-2H3,(H2,23,24,25);1H. The molecule has 1 aliphatic rings. The first-order valence-corrected chi connectivity index (χ1v) is 12.6. The Morgan fingerprint density at radius 3 is 2.42 bits per heavy atom. The minimum atomic E-state index is -3.40. The number of nitrogens with zero attached hydrogens (tertiary/aromatic N) is 2. The van der Waals surface area contributed by atoms with Gasteiger partial charge in [0.05, 0.1) is 4.90 Å². The van der Waals surface area contributed by atoms with Crippen molar-refractivity contribution in [2.24, 2.45) is 16.8 Å². The highest BCUT2D eigenvalue weighted by molar-refractivity contribution is 14.0. The first-order chi connectivity index (χ1) is 14.5. The Bertz CT molecular complexity index is 732. The third kappa shape index (κ3) is 9.23. The van der Waals surface area contributed by atoms with Crippen molar-refractivity contribution in [2.75, 3.05) is 39.3 Å². The van der Waals surface area contributed by atoms with Gasteiger partial charge in [-0.3, -0.25) is 4.99 Å². The van der Waals surface area contributed by atoms with Crippen LogP contribution < -0.4 is 10.6 Å². The summed E-state index contributed by atoms with van der Waals surface area (Å²) in [6.45, 7) is 7.77. The lowest BCUT2D eigenvalue weighted by Crippen LogP contribution is -2.44. The van der Waals surface area contributed by atoms with Crippen LogP contribution in [0.3, 0.4) is 0 Å². The van der Waals surface area contributed by atoms with Crippen LogP contribution in [0.25, 0.3) is 0 Å². The molecular formula is C22H39IN4O3S. The van der Waals surface area contributed by atoms with Crippen LogP contribution in [0.1, 0.15) is 46.0 Å². The second-order valence-corrected chi connectivity index (χ2v) is 9.87. The summed E-state index contributed by atoms with van der Waals surface area (Å²) >= 11 is 0. The highest BCUT2D eigenvalue weighted by Gasteiger charge is 2.29. The van der Waals surface area contributed by atoms with E-state index in [1.165, 1.54) is 0 Å². The average Bonchev–Trinajstić information content (AvgIpc) is 2.76. The van der Waals surface area contributed by atoms with E-state index in [0.717, 1.165) is 51.2 Å². The van der Waals surface area contributed by atoms with E-state index in [1.807, 2.05) is 13.0 Å². The number of benzene rings is 1. The van der Waals surface area contributed by atoms with E-state index in [2.05, 4.69) is 17.6 Å². The van der Waals surface area contributed by atoms with Crippen molar-refractivity contribution >= 4 is 40.0 Å². The van der Waals surface area contributed by atoms with Gasteiger partial charge in [-0.2, -0.15) is 4.31 Å². The highest BCUT2D eigenvalue weighted by Crippen LogP contribution is 2.23. The molecule has 1 aromatic rings. The maximum Gasteiger partial charge on any atom is 0.243 e. The molecule has 0 aromatic heterocycles. The molecule has 3 N–H and O–H groups in total. The van der Waals surface area contributed by atoms with Crippen LogP contribution in [0.4, 0.5) is 0 Å². The molecule has 1 aliphatic heterocycles. The van der Waals surface area contributed by atoms with E-state index in [9.17, 15) is 13.5 Å². The van der Waals surface area contributed by atoms with Gasteiger partial charge >= 0.3 is 0 Å². The number of aliphatic hydroxyl groups is 1. The zero-order valence-electron chi connectivity index (χ0n) is 18.8. The van der Waals surface area contributed by atoms with E-state index in [4.69, 9.17) is 4.99 Å². The van der Waals surface area contributed by atoms with Crippen molar-refractivity contribution in [3.8, 4) is 0 Å². The van der Waals surface area contributed by atoms with Crippen molar-refractivity contribution < 1.29 is 13.5 Å². The van der Waals surface area contributed by atoms with Gasteiger partial charge in [-0.25, -0.2) is 8.42 Å². The molecule has 0 spiro atoms. The Kier molecular flexibility index (Phi) is 13.6. The summed E-state index contributed by atoms with van der Waals surface area (Å²) in [7, 11) is -3.40. The van der Waals surface area contributed by atoms with E-state index in [0.29, 0.717) is 36.4 Å². The topological polar surface area (TPSA) is 94.0 Å². The van der Waals surface area contributed by atoms with Crippen LogP contribution in [0.15, 0.2) is 40.2 Å². The quantitative estimate of drug-likeness (QED) is 0.218. The van der Waals surface area contributed by atoms with Crippen LogP contribution in [-0.4, -0.2) is 63.1 Å². The molecule has 1 unspecified atom stereocenters. The summed E-state index contributed by atoms with van der Waals surface area (Å²) in [5.41, 5.74) is 0. The molecular weight excluding hydrogens is 527 g/mol. The number of rotatable bonds is 11. The van der Waals surface area contributed by atoms with Gasteiger partial charge in [-0.15, -0.1) is 24.0 Å². The second-order valence-electron chi connectivity index (χ2n) is 7.93. The Morgan fingerprint density at radius 1 is 1.16 bits per heavy atom. The van der Waals surface area contributed by atoms with Gasteiger partial charge in [0.2, 0.25) is 10.0 Å². The third-order valence-electron chi connectivity index (χ3n) is 5.60. The molecule has 9 heteroatoms. The number of hydrogen-bond acceptors (Lipinski definition) is 4. The molecule has 1 atom stereocenters. The molecule has 1 fully saturated rings. The van der Waals surface area contributed by atoms with Crippen LogP contribution in [0.5, 0.6) is 0 Å². The number of piperidine rings is 1. The summed E-state index contributed by atoms with van der Waals surface area (Å²) in [5.74, 6) is 1.62. The summed E-state index contributed by atoms with van der Waals surface area (Å²) in [6, 6.07) is 8.66. The van der Waals surface area contributed by atoms with E-state index < -0.39 is 10.0 Å². The number of sulfonamides is 1. The molecule has 0 aliphatic carbocycles. The van der Waals surface area contributed by atoms with Gasteiger partial charge in [0.15, 0.2) is 5.96 Å². The minimum Gasteiger partial charge on any atom is -0.396 e. The van der Waals surface area contributed by atoms with Crippen LogP contribution >= 0.6 is 24.0 Å². The Labute approximate surface area is 205 Å². The molecule has 1 aromatic carbocycles. The second kappa shape index (κ2) is 15.0. The number of nitrogens with one attached hydrogen (secondary N) is 2.